The number of hydrogen-bond acceptors (Lipinski definition) is 3. The van der Waals surface area contributed by atoms with Gasteiger partial charge in [-0.1, -0.05) is 43.9 Å². The Morgan fingerprint density at radius 3 is 2.46 bits per heavy atom. The molecule has 4 nitrogen and oxygen atoms in total. The highest BCUT2D eigenvalue weighted by atomic mass is 32.4. The van der Waals surface area contributed by atoms with Gasteiger partial charge in [0.15, 0.2) is 0 Å². The molecule has 0 saturated carbocycles. The van der Waals surface area contributed by atoms with Gasteiger partial charge < -0.3 is 4.90 Å². The molecule has 0 amide bonds. The molecule has 4 rings (SSSR count). The van der Waals surface area contributed by atoms with Crippen LogP contribution in [-0.4, -0.2) is 42.8 Å². The van der Waals surface area contributed by atoms with E-state index in [1.807, 2.05) is 6.21 Å². The quantitative estimate of drug-likeness (QED) is 0.707. The summed E-state index contributed by atoms with van der Waals surface area (Å²) in [6.45, 7) is 6.82. The van der Waals surface area contributed by atoms with Crippen molar-refractivity contribution < 1.29 is 0 Å². The van der Waals surface area contributed by atoms with Crippen LogP contribution in [-0.2, 0) is 17.2 Å². The van der Waals surface area contributed by atoms with Crippen molar-refractivity contribution in [3.05, 3.63) is 40.8 Å². The van der Waals surface area contributed by atoms with Gasteiger partial charge >= 0.3 is 0 Å². The van der Waals surface area contributed by atoms with E-state index in [1.165, 1.54) is 35.1 Å². The molecular formula is C18H25N4PS. The number of anilines is 1. The minimum Gasteiger partial charge on any atom is -0.346 e. The third-order valence-corrected chi connectivity index (χ3v) is 10.6. The first-order valence-corrected chi connectivity index (χ1v) is 11.3. The van der Waals surface area contributed by atoms with Crippen LogP contribution in [0.3, 0.4) is 0 Å². The number of hydrogen-bond donors (Lipinski definition) is 0. The number of fused-ring (bicyclic) bond motifs is 1. The van der Waals surface area contributed by atoms with E-state index in [0.29, 0.717) is 0 Å². The van der Waals surface area contributed by atoms with Gasteiger partial charge in [-0.05, 0) is 24.5 Å². The lowest BCUT2D eigenvalue weighted by Crippen LogP contribution is -2.29. The zero-order valence-corrected chi connectivity index (χ0v) is 16.6. The lowest BCUT2D eigenvalue weighted by atomic mass is 9.84. The fourth-order valence-corrected chi connectivity index (χ4v) is 8.32. The summed E-state index contributed by atoms with van der Waals surface area (Å²) >= 11 is 6.33. The van der Waals surface area contributed by atoms with Gasteiger partial charge in [-0.15, -0.1) is 0 Å². The van der Waals surface area contributed by atoms with E-state index in [4.69, 9.17) is 11.8 Å². The van der Waals surface area contributed by atoms with Crippen molar-refractivity contribution in [3.8, 4) is 0 Å². The molecule has 1 fully saturated rings. The highest BCUT2D eigenvalue weighted by Gasteiger charge is 2.47. The molecular weight excluding hydrogens is 335 g/mol. The molecule has 1 unspecified atom stereocenters. The second-order valence-corrected chi connectivity index (χ2v) is 11.6. The Morgan fingerprint density at radius 2 is 1.79 bits per heavy atom. The first-order valence-electron chi connectivity index (χ1n) is 8.60. The van der Waals surface area contributed by atoms with Gasteiger partial charge in [0, 0.05) is 44.0 Å². The van der Waals surface area contributed by atoms with Crippen LogP contribution >= 0.6 is 6.34 Å². The Morgan fingerprint density at radius 1 is 1.12 bits per heavy atom. The Balaban J connectivity index is 1.93. The molecule has 0 spiro atoms. The number of benzene rings is 1. The molecule has 1 atom stereocenters. The van der Waals surface area contributed by atoms with Crippen molar-refractivity contribution in [3.63, 3.8) is 0 Å². The summed E-state index contributed by atoms with van der Waals surface area (Å²) in [5, 5.41) is 5.92. The van der Waals surface area contributed by atoms with Gasteiger partial charge in [0.1, 0.15) is 6.34 Å². The molecule has 0 radical (unpaired) electrons. The van der Waals surface area contributed by atoms with Crippen molar-refractivity contribution in [2.45, 2.75) is 32.1 Å². The number of allylic oxidation sites excluding steroid dienone is 2. The first kappa shape index (κ1) is 16.3. The maximum absolute atomic E-state index is 6.33. The predicted octanol–water partition coefficient (Wildman–Crippen LogP) is 3.96. The molecule has 0 aromatic heterocycles. The van der Waals surface area contributed by atoms with Crippen LogP contribution in [0.2, 0.25) is 0 Å². The van der Waals surface area contributed by atoms with Gasteiger partial charge in [0.05, 0.1) is 11.5 Å². The van der Waals surface area contributed by atoms with Crippen molar-refractivity contribution in [2.24, 2.45) is 5.10 Å². The van der Waals surface area contributed by atoms with E-state index in [0.717, 1.165) is 13.1 Å². The lowest BCUT2D eigenvalue weighted by molar-refractivity contribution is 0.496. The molecule has 3 heterocycles. The van der Waals surface area contributed by atoms with E-state index in [9.17, 15) is 0 Å². The van der Waals surface area contributed by atoms with Gasteiger partial charge in [0.25, 0.3) is 0 Å². The number of para-hydroxylation sites is 1. The van der Waals surface area contributed by atoms with Crippen LogP contribution in [0, 0.1) is 0 Å². The highest BCUT2D eigenvalue weighted by Crippen LogP contribution is 2.66. The number of rotatable bonds is 1. The third-order valence-electron chi connectivity index (χ3n) is 5.63. The largest absolute Gasteiger partial charge is 0.346 e. The molecule has 24 heavy (non-hydrogen) atoms. The van der Waals surface area contributed by atoms with Crippen LogP contribution < -0.4 is 4.90 Å². The van der Waals surface area contributed by atoms with Crippen molar-refractivity contribution in [2.75, 3.05) is 32.1 Å². The maximum Gasteiger partial charge on any atom is 0.148 e. The molecule has 1 saturated heterocycles. The molecule has 3 aliphatic heterocycles. The third kappa shape index (κ3) is 2.01. The van der Waals surface area contributed by atoms with Crippen LogP contribution in [0.5, 0.6) is 0 Å². The van der Waals surface area contributed by atoms with E-state index < -0.39 is 6.34 Å². The summed E-state index contributed by atoms with van der Waals surface area (Å²) in [5.74, 6) is 0. The monoisotopic (exact) mass is 360 g/mol. The Hall–Kier alpha value is -1.16. The summed E-state index contributed by atoms with van der Waals surface area (Å²) in [6, 6.07) is 8.70. The number of likely N-dealkylation sites (N-methyl/N-ethyl adjacent to an activating group) is 1. The second kappa shape index (κ2) is 5.42. The zero-order chi connectivity index (χ0) is 17.1. The lowest BCUT2D eigenvalue weighted by Gasteiger charge is -2.37. The first-order chi connectivity index (χ1) is 11.4. The van der Waals surface area contributed by atoms with Crippen LogP contribution in [0.25, 0.3) is 0 Å². The normalized spacial score (nSPS) is 32.0. The van der Waals surface area contributed by atoms with E-state index >= 15 is 0 Å². The molecule has 1 aromatic carbocycles. The predicted molar refractivity (Wildman–Crippen MR) is 106 cm³/mol. The van der Waals surface area contributed by atoms with Crippen molar-refractivity contribution in [1.82, 2.24) is 9.45 Å². The minimum atomic E-state index is -2.00. The highest BCUT2D eigenvalue weighted by molar-refractivity contribution is 8.14. The fraction of sp³-hybridized carbons (Fsp3) is 0.500. The SMILES string of the molecule is CN1C(=C2C=NN(C)P2(=S)N2CCCC2)C(C)(C)c2ccccc21. The van der Waals surface area contributed by atoms with Crippen LogP contribution in [0.4, 0.5) is 5.69 Å². The van der Waals surface area contributed by atoms with Gasteiger partial charge in [-0.25, -0.2) is 0 Å². The van der Waals surface area contributed by atoms with Gasteiger partial charge in [-0.3, -0.25) is 9.45 Å². The number of hydrazone groups is 1. The molecule has 3 aliphatic rings. The Labute approximate surface area is 149 Å². The van der Waals surface area contributed by atoms with E-state index in [-0.39, 0.29) is 5.41 Å². The number of nitrogens with zero attached hydrogens (tertiary/aromatic N) is 4. The van der Waals surface area contributed by atoms with E-state index in [2.05, 4.69) is 71.7 Å². The Kier molecular flexibility index (Phi) is 3.68. The van der Waals surface area contributed by atoms with Gasteiger partial charge in [-0.2, -0.15) is 5.10 Å². The molecule has 6 heteroatoms. The molecule has 128 valence electrons. The van der Waals surface area contributed by atoms with E-state index in [1.54, 1.807) is 0 Å². The smallest absolute Gasteiger partial charge is 0.148 e. The van der Waals surface area contributed by atoms with Crippen LogP contribution in [0.15, 0.2) is 40.4 Å². The average molecular weight is 360 g/mol. The van der Waals surface area contributed by atoms with Gasteiger partial charge in [0.2, 0.25) is 0 Å². The average Bonchev–Trinajstić information content (AvgIpc) is 3.23. The topological polar surface area (TPSA) is 22.1 Å². The standard InChI is InChI=1S/C18H25N4PS/c1-18(2)14-9-5-6-10-15(14)20(3)17(18)16-13-19-21(4)23(16,24)22-11-7-8-12-22/h5-6,9-10,13H,7-8,11-12H2,1-4H3. The summed E-state index contributed by atoms with van der Waals surface area (Å²) < 4.78 is 4.59. The summed E-state index contributed by atoms with van der Waals surface area (Å²) in [7, 11) is 4.23. The van der Waals surface area contributed by atoms with Crippen LogP contribution in [0.1, 0.15) is 32.3 Å². The molecule has 1 aromatic rings. The zero-order valence-electron chi connectivity index (χ0n) is 14.9. The molecule has 0 bridgehead atoms. The summed E-state index contributed by atoms with van der Waals surface area (Å²) in [4.78, 5) is 2.34. The van der Waals surface area contributed by atoms with Crippen molar-refractivity contribution in [1.29, 1.82) is 0 Å². The van der Waals surface area contributed by atoms with Crippen molar-refractivity contribution >= 4 is 30.0 Å². The fourth-order valence-electron chi connectivity index (χ4n) is 4.40. The molecule has 0 aliphatic carbocycles. The minimum absolute atomic E-state index is 0.0539. The molecule has 0 N–H and O–H groups in total. The maximum atomic E-state index is 6.33. The second-order valence-electron chi connectivity index (χ2n) is 7.37. The summed E-state index contributed by atoms with van der Waals surface area (Å²) in [5.41, 5.74) is 3.94. The summed E-state index contributed by atoms with van der Waals surface area (Å²) in [6.07, 6.45) is 2.53. The Bertz CT molecular complexity index is 792.